The van der Waals surface area contributed by atoms with Crippen LogP contribution in [0.4, 0.5) is 11.6 Å². The number of pyridine rings is 2. The van der Waals surface area contributed by atoms with Crippen LogP contribution >= 0.6 is 11.3 Å². The second kappa shape index (κ2) is 6.39. The number of fused-ring (bicyclic) bond motifs is 3. The Balaban J connectivity index is 1.39. The Morgan fingerprint density at radius 3 is 2.79 bits per heavy atom. The minimum atomic E-state index is 0.301. The number of aromatic nitrogens is 4. The number of hydrogen-bond acceptors (Lipinski definition) is 8. The minimum Gasteiger partial charge on any atom is -0.363 e. The maximum atomic E-state index is 8.89. The average molecular weight is 387 g/mol. The first kappa shape index (κ1) is 16.8. The predicted octanol–water partition coefficient (Wildman–Crippen LogP) is 3.42. The molecule has 1 saturated heterocycles. The van der Waals surface area contributed by atoms with Crippen molar-refractivity contribution in [3.63, 3.8) is 0 Å². The van der Waals surface area contributed by atoms with Crippen molar-refractivity contribution in [1.29, 1.82) is 5.26 Å². The zero-order valence-electron chi connectivity index (χ0n) is 15.5. The molecule has 0 amide bonds. The second-order valence-electron chi connectivity index (χ2n) is 6.99. The fourth-order valence-corrected chi connectivity index (χ4v) is 4.64. The third-order valence-electron chi connectivity index (χ3n) is 5.22. The highest BCUT2D eigenvalue weighted by Gasteiger charge is 2.28. The maximum absolute atomic E-state index is 8.89. The molecular formula is C20H17N7S. The Morgan fingerprint density at radius 1 is 1.18 bits per heavy atom. The van der Waals surface area contributed by atoms with E-state index < -0.39 is 0 Å². The fraction of sp³-hybridized carbons (Fsp3) is 0.250. The highest BCUT2D eigenvalue weighted by Crippen LogP contribution is 2.38. The normalized spacial score (nSPS) is 14.2. The van der Waals surface area contributed by atoms with E-state index in [1.165, 1.54) is 16.3 Å². The number of anilines is 2. The van der Waals surface area contributed by atoms with Crippen molar-refractivity contribution in [2.24, 2.45) is 0 Å². The maximum Gasteiger partial charge on any atom is 0.147 e. The summed E-state index contributed by atoms with van der Waals surface area (Å²) >= 11 is 1.63. The van der Waals surface area contributed by atoms with E-state index in [-0.39, 0.29) is 0 Å². The van der Waals surface area contributed by atoms with Crippen molar-refractivity contribution >= 4 is 43.3 Å². The van der Waals surface area contributed by atoms with Crippen LogP contribution in [0.25, 0.3) is 20.3 Å². The molecule has 1 N–H and O–H groups in total. The van der Waals surface area contributed by atoms with E-state index >= 15 is 0 Å². The highest BCUT2D eigenvalue weighted by molar-refractivity contribution is 7.26. The molecule has 138 valence electrons. The summed E-state index contributed by atoms with van der Waals surface area (Å²) in [5.41, 5.74) is 2.71. The minimum absolute atomic E-state index is 0.301. The zero-order valence-corrected chi connectivity index (χ0v) is 16.3. The van der Waals surface area contributed by atoms with Crippen LogP contribution in [-0.2, 0) is 0 Å². The molecule has 5 heterocycles. The summed E-state index contributed by atoms with van der Waals surface area (Å²) in [5, 5.41) is 23.4. The summed E-state index contributed by atoms with van der Waals surface area (Å²) in [6.45, 7) is 5.78. The van der Waals surface area contributed by atoms with Crippen LogP contribution in [0.3, 0.4) is 0 Å². The van der Waals surface area contributed by atoms with E-state index in [4.69, 9.17) is 5.26 Å². The monoisotopic (exact) mass is 387 g/mol. The smallest absolute Gasteiger partial charge is 0.147 e. The van der Waals surface area contributed by atoms with Gasteiger partial charge in [0.15, 0.2) is 0 Å². The van der Waals surface area contributed by atoms with Gasteiger partial charge >= 0.3 is 0 Å². The standard InChI is InChI=1S/C20H17N7S/c1-11-12(2)25-26-20-17(11)15-5-6-22-19(18(15)28-20)24-14-9-27(10-14)16-4-3-13(7-21)8-23-16/h3-6,8,14H,9-10H2,1-2H3,(H,22,24). The molecule has 8 heteroatoms. The van der Waals surface area contributed by atoms with E-state index in [0.29, 0.717) is 11.6 Å². The van der Waals surface area contributed by atoms with E-state index in [0.717, 1.165) is 39.9 Å². The van der Waals surface area contributed by atoms with Crippen LogP contribution in [0.5, 0.6) is 0 Å². The summed E-state index contributed by atoms with van der Waals surface area (Å²) in [4.78, 5) is 12.1. The van der Waals surface area contributed by atoms with Gasteiger partial charge in [-0.1, -0.05) is 0 Å². The number of rotatable bonds is 3. The molecule has 28 heavy (non-hydrogen) atoms. The van der Waals surface area contributed by atoms with Crippen molar-refractivity contribution < 1.29 is 0 Å². The number of thiophene rings is 1. The molecule has 4 aromatic rings. The van der Waals surface area contributed by atoms with Gasteiger partial charge in [0.2, 0.25) is 0 Å². The van der Waals surface area contributed by atoms with Gasteiger partial charge in [-0.15, -0.1) is 16.4 Å². The largest absolute Gasteiger partial charge is 0.363 e. The van der Waals surface area contributed by atoms with Gasteiger partial charge < -0.3 is 10.2 Å². The molecule has 0 unspecified atom stereocenters. The number of hydrogen-bond donors (Lipinski definition) is 1. The van der Waals surface area contributed by atoms with E-state index in [1.807, 2.05) is 19.2 Å². The third-order valence-corrected chi connectivity index (χ3v) is 6.31. The lowest BCUT2D eigenvalue weighted by atomic mass is 10.1. The van der Waals surface area contributed by atoms with Crippen molar-refractivity contribution in [3.8, 4) is 6.07 Å². The lowest BCUT2D eigenvalue weighted by Gasteiger charge is -2.40. The quantitative estimate of drug-likeness (QED) is 0.576. The summed E-state index contributed by atoms with van der Waals surface area (Å²) in [7, 11) is 0. The highest BCUT2D eigenvalue weighted by atomic mass is 32.1. The fourth-order valence-electron chi connectivity index (χ4n) is 3.51. The van der Waals surface area contributed by atoms with E-state index in [9.17, 15) is 0 Å². The molecule has 0 spiro atoms. The molecule has 1 aliphatic heterocycles. The lowest BCUT2D eigenvalue weighted by Crippen LogP contribution is -2.55. The van der Waals surface area contributed by atoms with Crippen molar-refractivity contribution in [3.05, 3.63) is 47.4 Å². The molecule has 1 fully saturated rings. The number of aryl methyl sites for hydroxylation is 2. The molecule has 4 aromatic heterocycles. The second-order valence-corrected chi connectivity index (χ2v) is 7.99. The van der Waals surface area contributed by atoms with Gasteiger partial charge in [0.25, 0.3) is 0 Å². The van der Waals surface area contributed by atoms with Crippen LogP contribution in [0, 0.1) is 25.2 Å². The molecule has 0 aliphatic carbocycles. The molecule has 7 nitrogen and oxygen atoms in total. The molecule has 0 bridgehead atoms. The first-order valence-corrected chi connectivity index (χ1v) is 9.84. The van der Waals surface area contributed by atoms with Gasteiger partial charge in [0.05, 0.1) is 22.0 Å². The lowest BCUT2D eigenvalue weighted by molar-refractivity contribution is 0.544. The molecule has 0 atom stereocenters. The van der Waals surface area contributed by atoms with Crippen molar-refractivity contribution in [2.75, 3.05) is 23.3 Å². The van der Waals surface area contributed by atoms with Crippen molar-refractivity contribution in [1.82, 2.24) is 20.2 Å². The molecule has 1 aliphatic rings. The van der Waals surface area contributed by atoms with E-state index in [2.05, 4.69) is 49.4 Å². The van der Waals surface area contributed by atoms with Crippen LogP contribution in [-0.4, -0.2) is 39.3 Å². The van der Waals surface area contributed by atoms with Gasteiger partial charge in [-0.05, 0) is 37.6 Å². The predicted molar refractivity (Wildman–Crippen MR) is 111 cm³/mol. The average Bonchev–Trinajstić information content (AvgIpc) is 3.07. The van der Waals surface area contributed by atoms with Crippen LogP contribution < -0.4 is 10.2 Å². The first-order valence-electron chi connectivity index (χ1n) is 9.03. The Bertz CT molecular complexity index is 1230. The summed E-state index contributed by atoms with van der Waals surface area (Å²) in [6.07, 6.45) is 3.46. The van der Waals surface area contributed by atoms with Crippen LogP contribution in [0.2, 0.25) is 0 Å². The van der Waals surface area contributed by atoms with Crippen LogP contribution in [0.15, 0.2) is 30.6 Å². The van der Waals surface area contributed by atoms with Gasteiger partial charge in [0.1, 0.15) is 22.5 Å². The number of nitriles is 1. The third kappa shape index (κ3) is 2.63. The summed E-state index contributed by atoms with van der Waals surface area (Å²) in [6, 6.07) is 8.15. The first-order chi connectivity index (χ1) is 13.6. The van der Waals surface area contributed by atoms with Gasteiger partial charge in [-0.2, -0.15) is 10.4 Å². The summed E-state index contributed by atoms with van der Waals surface area (Å²) < 4.78 is 1.12. The SMILES string of the molecule is Cc1nnc2sc3c(NC4CN(c5ccc(C#N)cn5)C4)nccc3c2c1C. The Morgan fingerprint density at radius 2 is 2.04 bits per heavy atom. The summed E-state index contributed by atoms with van der Waals surface area (Å²) in [5.74, 6) is 1.79. The topological polar surface area (TPSA) is 90.6 Å². The van der Waals surface area contributed by atoms with Gasteiger partial charge in [0, 0.05) is 36.3 Å². The number of nitrogens with one attached hydrogen (secondary N) is 1. The molecule has 0 saturated carbocycles. The number of nitrogens with zero attached hydrogens (tertiary/aromatic N) is 6. The molecule has 0 aromatic carbocycles. The van der Waals surface area contributed by atoms with Crippen molar-refractivity contribution in [2.45, 2.75) is 19.9 Å². The zero-order chi connectivity index (χ0) is 19.3. The molecular weight excluding hydrogens is 370 g/mol. The van der Waals surface area contributed by atoms with Gasteiger partial charge in [-0.25, -0.2) is 9.97 Å². The Labute approximate surface area is 165 Å². The van der Waals surface area contributed by atoms with Crippen LogP contribution in [0.1, 0.15) is 16.8 Å². The Kier molecular flexibility index (Phi) is 3.84. The molecule has 0 radical (unpaired) electrons. The Hall–Kier alpha value is -3.31. The van der Waals surface area contributed by atoms with Gasteiger partial charge in [-0.3, -0.25) is 0 Å². The molecule has 5 rings (SSSR count). The van der Waals surface area contributed by atoms with E-state index in [1.54, 1.807) is 23.6 Å².